The molecule has 0 aliphatic carbocycles. The number of carbonyl (C=O) groups excluding carboxylic acids is 1. The third-order valence-corrected chi connectivity index (χ3v) is 4.20. The molecule has 31 heavy (non-hydrogen) atoms. The van der Waals surface area contributed by atoms with Crippen molar-refractivity contribution < 1.29 is 29.3 Å². The largest absolute Gasteiger partial charge is 0.505 e. The minimum absolute atomic E-state index is 0.0859. The number of hydrogen-bond acceptors (Lipinski definition) is 7. The number of nitrogens with zero attached hydrogens (tertiary/aromatic N) is 2. The van der Waals surface area contributed by atoms with Crippen LogP contribution in [0.25, 0.3) is 10.8 Å². The highest BCUT2D eigenvalue weighted by atomic mass is 16.5. The van der Waals surface area contributed by atoms with Crippen molar-refractivity contribution in [3.05, 3.63) is 53.9 Å². The Bertz CT molecular complexity index is 1170. The van der Waals surface area contributed by atoms with E-state index in [0.29, 0.717) is 29.2 Å². The Kier molecular flexibility index (Phi) is 6.52. The Morgan fingerprint density at radius 2 is 1.77 bits per heavy atom. The van der Waals surface area contributed by atoms with Gasteiger partial charge in [0.05, 0.1) is 6.61 Å². The Morgan fingerprint density at radius 1 is 1.10 bits per heavy atom. The standard InChI is InChI=1S/C22H19N3O6/c1-2-9-30-13-3-5-14(6-4-13)31-15-7-8-16-17(10-15)21(28)20(25-18(16)11-23)22(29)24-12-19(26)27/h3-8,10,28H,2,9,12H2,1H3,(H,24,29)(H,26,27). The predicted octanol–water partition coefficient (Wildman–Crippen LogP) is 3.21. The number of carbonyl (C=O) groups is 2. The van der Waals surface area contributed by atoms with Crippen LogP contribution in [-0.4, -0.2) is 40.2 Å². The second kappa shape index (κ2) is 9.45. The second-order valence-electron chi connectivity index (χ2n) is 6.48. The van der Waals surface area contributed by atoms with E-state index < -0.39 is 29.9 Å². The molecule has 0 spiro atoms. The number of benzene rings is 2. The van der Waals surface area contributed by atoms with E-state index in [-0.39, 0.29) is 11.1 Å². The van der Waals surface area contributed by atoms with Crippen molar-refractivity contribution in [1.82, 2.24) is 10.3 Å². The van der Waals surface area contributed by atoms with Gasteiger partial charge in [0, 0.05) is 10.8 Å². The molecule has 3 aromatic rings. The Balaban J connectivity index is 1.93. The van der Waals surface area contributed by atoms with E-state index in [9.17, 15) is 20.0 Å². The number of carboxylic acids is 1. The van der Waals surface area contributed by atoms with Gasteiger partial charge in [-0.1, -0.05) is 6.92 Å². The molecule has 3 rings (SSSR count). The molecule has 0 aliphatic rings. The topological polar surface area (TPSA) is 142 Å². The first kappa shape index (κ1) is 21.4. The van der Waals surface area contributed by atoms with Crippen molar-refractivity contribution >= 4 is 22.6 Å². The number of aromatic nitrogens is 1. The minimum atomic E-state index is -1.25. The highest BCUT2D eigenvalue weighted by Crippen LogP contribution is 2.34. The van der Waals surface area contributed by atoms with E-state index in [1.165, 1.54) is 6.07 Å². The van der Waals surface area contributed by atoms with Crippen molar-refractivity contribution in [3.63, 3.8) is 0 Å². The summed E-state index contributed by atoms with van der Waals surface area (Å²) in [6.45, 7) is 1.98. The highest BCUT2D eigenvalue weighted by Gasteiger charge is 2.20. The number of pyridine rings is 1. The zero-order valence-corrected chi connectivity index (χ0v) is 16.6. The summed E-state index contributed by atoms with van der Waals surface area (Å²) in [6.07, 6.45) is 0.898. The molecule has 0 radical (unpaired) electrons. The molecule has 9 heteroatoms. The van der Waals surface area contributed by atoms with E-state index in [2.05, 4.69) is 10.3 Å². The fourth-order valence-corrected chi connectivity index (χ4v) is 2.78. The summed E-state index contributed by atoms with van der Waals surface area (Å²) in [5, 5.41) is 31.3. The van der Waals surface area contributed by atoms with Crippen molar-refractivity contribution in [3.8, 4) is 29.1 Å². The van der Waals surface area contributed by atoms with Gasteiger partial charge in [0.1, 0.15) is 35.6 Å². The van der Waals surface area contributed by atoms with Crippen LogP contribution in [-0.2, 0) is 4.79 Å². The summed E-state index contributed by atoms with van der Waals surface area (Å²) in [5.41, 5.74) is -0.530. The molecule has 158 valence electrons. The molecule has 0 bridgehead atoms. The smallest absolute Gasteiger partial charge is 0.322 e. The summed E-state index contributed by atoms with van der Waals surface area (Å²) in [7, 11) is 0. The number of rotatable bonds is 8. The first-order valence-electron chi connectivity index (χ1n) is 9.40. The van der Waals surface area contributed by atoms with Crippen LogP contribution >= 0.6 is 0 Å². The molecule has 9 nitrogen and oxygen atoms in total. The van der Waals surface area contributed by atoms with E-state index >= 15 is 0 Å². The molecule has 1 aromatic heterocycles. The molecule has 0 fully saturated rings. The van der Waals surface area contributed by atoms with Gasteiger partial charge in [0.15, 0.2) is 11.4 Å². The first-order chi connectivity index (χ1) is 14.9. The summed E-state index contributed by atoms with van der Waals surface area (Å²) in [6, 6.07) is 13.5. The summed E-state index contributed by atoms with van der Waals surface area (Å²) in [4.78, 5) is 26.8. The number of nitrogens with one attached hydrogen (secondary N) is 1. The van der Waals surface area contributed by atoms with Crippen molar-refractivity contribution in [2.45, 2.75) is 13.3 Å². The number of carboxylic acid groups (broad SMARTS) is 1. The number of hydrogen-bond donors (Lipinski definition) is 3. The maximum absolute atomic E-state index is 12.2. The Hall–Kier alpha value is -4.32. The number of aliphatic carboxylic acids is 1. The molecule has 0 atom stereocenters. The second-order valence-corrected chi connectivity index (χ2v) is 6.48. The van der Waals surface area contributed by atoms with Crippen molar-refractivity contribution in [1.29, 1.82) is 5.26 Å². The summed E-state index contributed by atoms with van der Waals surface area (Å²) < 4.78 is 11.3. The molecule has 0 unspecified atom stereocenters. The minimum Gasteiger partial charge on any atom is -0.505 e. The Labute approximate surface area is 177 Å². The third kappa shape index (κ3) is 5.00. The van der Waals surface area contributed by atoms with Crippen LogP contribution in [0, 0.1) is 11.3 Å². The fourth-order valence-electron chi connectivity index (χ4n) is 2.78. The third-order valence-electron chi connectivity index (χ3n) is 4.20. The SMILES string of the molecule is CCCOc1ccc(Oc2ccc3c(C#N)nc(C(=O)NCC(=O)O)c(O)c3c2)cc1. The van der Waals surface area contributed by atoms with E-state index in [1.54, 1.807) is 36.4 Å². The number of ether oxygens (including phenoxy) is 2. The quantitative estimate of drug-likeness (QED) is 0.503. The highest BCUT2D eigenvalue weighted by molar-refractivity contribution is 6.04. The number of fused-ring (bicyclic) bond motifs is 1. The van der Waals surface area contributed by atoms with Crippen molar-refractivity contribution in [2.24, 2.45) is 0 Å². The molecular weight excluding hydrogens is 402 g/mol. The molecular formula is C22H19N3O6. The van der Waals surface area contributed by atoms with E-state index in [1.807, 2.05) is 13.0 Å². The monoisotopic (exact) mass is 421 g/mol. The first-order valence-corrected chi connectivity index (χ1v) is 9.40. The van der Waals surface area contributed by atoms with E-state index in [0.717, 1.165) is 6.42 Å². The van der Waals surface area contributed by atoms with Gasteiger partial charge in [-0.05, 0) is 48.9 Å². The molecule has 3 N–H and O–H groups in total. The van der Waals surface area contributed by atoms with Gasteiger partial charge in [-0.15, -0.1) is 0 Å². The van der Waals surface area contributed by atoms with Gasteiger partial charge < -0.3 is 25.0 Å². The molecule has 1 amide bonds. The van der Waals surface area contributed by atoms with E-state index in [4.69, 9.17) is 14.6 Å². The van der Waals surface area contributed by atoms with Gasteiger partial charge in [-0.3, -0.25) is 9.59 Å². The Morgan fingerprint density at radius 3 is 2.42 bits per heavy atom. The fraction of sp³-hybridized carbons (Fsp3) is 0.182. The van der Waals surface area contributed by atoms with Gasteiger partial charge in [-0.2, -0.15) is 5.26 Å². The summed E-state index contributed by atoms with van der Waals surface area (Å²) in [5.74, 6) is -1.05. The lowest BCUT2D eigenvalue weighted by Crippen LogP contribution is -2.30. The predicted molar refractivity (Wildman–Crippen MR) is 110 cm³/mol. The molecule has 0 saturated heterocycles. The lowest BCUT2D eigenvalue weighted by molar-refractivity contribution is -0.135. The van der Waals surface area contributed by atoms with Gasteiger partial charge in [-0.25, -0.2) is 4.98 Å². The zero-order valence-electron chi connectivity index (χ0n) is 16.6. The maximum atomic E-state index is 12.2. The van der Waals surface area contributed by atoms with Crippen LogP contribution in [0.5, 0.6) is 23.0 Å². The molecule has 1 heterocycles. The lowest BCUT2D eigenvalue weighted by Gasteiger charge is -2.11. The maximum Gasteiger partial charge on any atom is 0.322 e. The lowest BCUT2D eigenvalue weighted by atomic mass is 10.1. The number of amides is 1. The summed E-state index contributed by atoms with van der Waals surface area (Å²) >= 11 is 0. The van der Waals surface area contributed by atoms with Gasteiger partial charge in [0.2, 0.25) is 0 Å². The van der Waals surface area contributed by atoms with Gasteiger partial charge >= 0.3 is 5.97 Å². The van der Waals surface area contributed by atoms with Crippen LogP contribution in [0.3, 0.4) is 0 Å². The van der Waals surface area contributed by atoms with Crippen LogP contribution in [0.4, 0.5) is 0 Å². The van der Waals surface area contributed by atoms with Crippen molar-refractivity contribution in [2.75, 3.05) is 13.2 Å². The normalized spacial score (nSPS) is 10.3. The molecule has 0 aliphatic heterocycles. The van der Waals surface area contributed by atoms with Crippen LogP contribution in [0.15, 0.2) is 42.5 Å². The van der Waals surface area contributed by atoms with Gasteiger partial charge in [0.25, 0.3) is 5.91 Å². The molecule has 2 aromatic carbocycles. The van der Waals surface area contributed by atoms with Crippen LogP contribution < -0.4 is 14.8 Å². The number of nitriles is 1. The molecule has 0 saturated carbocycles. The number of aromatic hydroxyl groups is 1. The average Bonchev–Trinajstić information content (AvgIpc) is 2.77. The van der Waals surface area contributed by atoms with Crippen LogP contribution in [0.2, 0.25) is 0 Å². The van der Waals surface area contributed by atoms with Crippen LogP contribution in [0.1, 0.15) is 29.5 Å². The average molecular weight is 421 g/mol. The zero-order chi connectivity index (χ0) is 22.4.